The molecule has 1 heterocycles. The second-order valence-electron chi connectivity index (χ2n) is 4.30. The normalized spacial score (nSPS) is 21.0. The summed E-state index contributed by atoms with van der Waals surface area (Å²) in [4.78, 5) is 2.23. The second-order valence-corrected chi connectivity index (χ2v) is 4.30. The molecule has 1 aromatic carbocycles. The number of nitrogens with one attached hydrogen (secondary N) is 1. The number of piperazine rings is 1. The lowest BCUT2D eigenvalue weighted by atomic mass is 10.1. The van der Waals surface area contributed by atoms with Crippen LogP contribution in [0.25, 0.3) is 0 Å². The zero-order valence-electron chi connectivity index (χ0n) is 9.75. The van der Waals surface area contributed by atoms with Gasteiger partial charge in [0.2, 0.25) is 0 Å². The molecule has 2 rings (SSSR count). The van der Waals surface area contributed by atoms with Crippen LogP contribution in [-0.4, -0.2) is 30.6 Å². The summed E-state index contributed by atoms with van der Waals surface area (Å²) >= 11 is 0. The molecule has 0 bridgehead atoms. The van der Waals surface area contributed by atoms with Crippen LogP contribution in [0.15, 0.2) is 18.2 Å². The fraction of sp³-hybridized carbons (Fsp3) is 0.500. The molecule has 1 atom stereocenters. The van der Waals surface area contributed by atoms with Crippen molar-refractivity contribution in [2.45, 2.75) is 19.5 Å². The summed E-state index contributed by atoms with van der Waals surface area (Å²) in [6.45, 7) is 5.50. The molecule has 2 nitrogen and oxygen atoms in total. The van der Waals surface area contributed by atoms with Crippen molar-refractivity contribution in [1.82, 2.24) is 10.2 Å². The predicted molar refractivity (Wildman–Crippen MR) is 66.3 cm³/mol. The van der Waals surface area contributed by atoms with Crippen molar-refractivity contribution in [2.75, 3.05) is 19.6 Å². The Kier molecular flexibility index (Phi) is 5.31. The zero-order valence-corrected chi connectivity index (χ0v) is 10.6. The maximum Gasteiger partial charge on any atom is 0.126 e. The molecule has 1 aromatic rings. The van der Waals surface area contributed by atoms with E-state index in [4.69, 9.17) is 0 Å². The molecule has 0 aliphatic carbocycles. The summed E-state index contributed by atoms with van der Waals surface area (Å²) in [7, 11) is 0. The Labute approximate surface area is 106 Å². The lowest BCUT2D eigenvalue weighted by Crippen LogP contribution is -2.49. The molecule has 1 aliphatic rings. The average molecular weight is 263 g/mol. The number of nitrogens with zero attached hydrogens (tertiary/aromatic N) is 1. The Morgan fingerprint density at radius 1 is 1.29 bits per heavy atom. The van der Waals surface area contributed by atoms with Crippen molar-refractivity contribution >= 4 is 12.4 Å². The summed E-state index contributed by atoms with van der Waals surface area (Å²) in [5, 5.41) is 3.28. The minimum atomic E-state index is -0.502. The minimum Gasteiger partial charge on any atom is -0.314 e. The third-order valence-corrected chi connectivity index (χ3v) is 2.95. The molecule has 96 valence electrons. The highest BCUT2D eigenvalue weighted by molar-refractivity contribution is 5.85. The van der Waals surface area contributed by atoms with Crippen LogP contribution in [0.5, 0.6) is 0 Å². The standard InChI is InChI=1S/C12H16F2N2.ClH/c1-9-7-15-2-3-16(9)8-10-4-11(13)6-12(14)5-10;/h4-6,9,15H,2-3,7-8H2,1H3;1H/t9-;/m0./s1. The van der Waals surface area contributed by atoms with E-state index in [0.29, 0.717) is 18.2 Å². The Balaban J connectivity index is 0.00000144. The smallest absolute Gasteiger partial charge is 0.126 e. The van der Waals surface area contributed by atoms with E-state index < -0.39 is 11.6 Å². The largest absolute Gasteiger partial charge is 0.314 e. The highest BCUT2D eigenvalue weighted by atomic mass is 35.5. The molecule has 5 heteroatoms. The van der Waals surface area contributed by atoms with Crippen molar-refractivity contribution in [1.29, 1.82) is 0 Å². The molecule has 0 aromatic heterocycles. The van der Waals surface area contributed by atoms with Gasteiger partial charge >= 0.3 is 0 Å². The molecule has 0 amide bonds. The monoisotopic (exact) mass is 262 g/mol. The van der Waals surface area contributed by atoms with Crippen LogP contribution in [0.2, 0.25) is 0 Å². The van der Waals surface area contributed by atoms with Crippen molar-refractivity contribution < 1.29 is 8.78 Å². The van der Waals surface area contributed by atoms with Crippen molar-refractivity contribution in [3.63, 3.8) is 0 Å². The summed E-state index contributed by atoms with van der Waals surface area (Å²) in [6.07, 6.45) is 0. The van der Waals surface area contributed by atoms with E-state index in [2.05, 4.69) is 17.1 Å². The summed E-state index contributed by atoms with van der Waals surface area (Å²) in [5.74, 6) is -1.00. The fourth-order valence-corrected chi connectivity index (χ4v) is 2.05. The van der Waals surface area contributed by atoms with Crippen LogP contribution in [0, 0.1) is 11.6 Å². The van der Waals surface area contributed by atoms with E-state index in [1.807, 2.05) is 0 Å². The van der Waals surface area contributed by atoms with E-state index in [1.54, 1.807) is 0 Å². The maximum atomic E-state index is 13.0. The number of hydrogen-bond donors (Lipinski definition) is 1. The van der Waals surface area contributed by atoms with Gasteiger partial charge < -0.3 is 5.32 Å². The number of rotatable bonds is 2. The van der Waals surface area contributed by atoms with Crippen LogP contribution in [0.3, 0.4) is 0 Å². The van der Waals surface area contributed by atoms with Gasteiger partial charge in [0.05, 0.1) is 0 Å². The first-order valence-electron chi connectivity index (χ1n) is 5.55. The van der Waals surface area contributed by atoms with E-state index in [0.717, 1.165) is 25.7 Å². The van der Waals surface area contributed by atoms with Gasteiger partial charge in [0, 0.05) is 38.3 Å². The Morgan fingerprint density at radius 3 is 2.53 bits per heavy atom. The molecular formula is C12H17ClF2N2. The Morgan fingerprint density at radius 2 is 1.94 bits per heavy atom. The molecule has 1 saturated heterocycles. The molecule has 1 fully saturated rings. The third-order valence-electron chi connectivity index (χ3n) is 2.95. The fourth-order valence-electron chi connectivity index (χ4n) is 2.05. The number of benzene rings is 1. The first-order valence-corrected chi connectivity index (χ1v) is 5.55. The second kappa shape index (κ2) is 6.28. The number of halogens is 3. The lowest BCUT2D eigenvalue weighted by molar-refractivity contribution is 0.165. The first kappa shape index (κ1) is 14.4. The van der Waals surface area contributed by atoms with Gasteiger partial charge in [-0.2, -0.15) is 0 Å². The van der Waals surface area contributed by atoms with E-state index in [1.165, 1.54) is 12.1 Å². The van der Waals surface area contributed by atoms with Crippen molar-refractivity contribution in [3.05, 3.63) is 35.4 Å². The zero-order chi connectivity index (χ0) is 11.5. The molecule has 0 saturated carbocycles. The highest BCUT2D eigenvalue weighted by Crippen LogP contribution is 2.13. The topological polar surface area (TPSA) is 15.3 Å². The summed E-state index contributed by atoms with van der Waals surface area (Å²) in [5.41, 5.74) is 0.700. The summed E-state index contributed by atoms with van der Waals surface area (Å²) in [6, 6.07) is 4.11. The SMILES string of the molecule is C[C@H]1CNCCN1Cc1cc(F)cc(F)c1.Cl. The van der Waals surface area contributed by atoms with Gasteiger partial charge in [0.15, 0.2) is 0 Å². The van der Waals surface area contributed by atoms with Gasteiger partial charge in [0.1, 0.15) is 11.6 Å². The highest BCUT2D eigenvalue weighted by Gasteiger charge is 2.18. The van der Waals surface area contributed by atoms with Crippen molar-refractivity contribution in [3.8, 4) is 0 Å². The molecular weight excluding hydrogens is 246 g/mol. The predicted octanol–water partition coefficient (Wildman–Crippen LogP) is 2.18. The molecule has 1 aliphatic heterocycles. The van der Waals surface area contributed by atoms with Crippen molar-refractivity contribution in [2.24, 2.45) is 0 Å². The van der Waals surface area contributed by atoms with Crippen LogP contribution >= 0.6 is 12.4 Å². The maximum absolute atomic E-state index is 13.0. The number of hydrogen-bond acceptors (Lipinski definition) is 2. The quantitative estimate of drug-likeness (QED) is 0.879. The van der Waals surface area contributed by atoms with E-state index in [-0.39, 0.29) is 12.4 Å². The van der Waals surface area contributed by atoms with Gasteiger partial charge in [-0.1, -0.05) is 0 Å². The van der Waals surface area contributed by atoms with Crippen LogP contribution in [0.1, 0.15) is 12.5 Å². The van der Waals surface area contributed by atoms with E-state index >= 15 is 0 Å². The van der Waals surface area contributed by atoms with Gasteiger partial charge in [-0.05, 0) is 24.6 Å². The Hall–Kier alpha value is -0.710. The molecule has 17 heavy (non-hydrogen) atoms. The van der Waals surface area contributed by atoms with Crippen LogP contribution in [0.4, 0.5) is 8.78 Å². The molecule has 0 unspecified atom stereocenters. The van der Waals surface area contributed by atoms with E-state index in [9.17, 15) is 8.78 Å². The summed E-state index contributed by atoms with van der Waals surface area (Å²) < 4.78 is 26.0. The molecule has 0 spiro atoms. The average Bonchev–Trinajstić information content (AvgIpc) is 2.20. The van der Waals surface area contributed by atoms with Gasteiger partial charge in [0.25, 0.3) is 0 Å². The lowest BCUT2D eigenvalue weighted by Gasteiger charge is -2.33. The van der Waals surface area contributed by atoms with Gasteiger partial charge in [-0.3, -0.25) is 4.90 Å². The van der Waals surface area contributed by atoms with Crippen LogP contribution in [-0.2, 0) is 6.54 Å². The molecule has 1 N–H and O–H groups in total. The Bertz CT molecular complexity index is 353. The van der Waals surface area contributed by atoms with Gasteiger partial charge in [-0.15, -0.1) is 12.4 Å². The minimum absolute atomic E-state index is 0. The van der Waals surface area contributed by atoms with Gasteiger partial charge in [-0.25, -0.2) is 8.78 Å². The first-order chi connectivity index (χ1) is 7.65. The third kappa shape index (κ3) is 3.91. The molecule has 0 radical (unpaired) electrons. The van der Waals surface area contributed by atoms with Crippen LogP contribution < -0.4 is 5.32 Å².